The first-order valence-corrected chi connectivity index (χ1v) is 7.03. The molecule has 102 valence electrons. The molecule has 0 spiro atoms. The van der Waals surface area contributed by atoms with Crippen molar-refractivity contribution >= 4 is 21.6 Å². The van der Waals surface area contributed by atoms with Crippen molar-refractivity contribution in [3.63, 3.8) is 0 Å². The first-order chi connectivity index (χ1) is 9.63. The van der Waals surface area contributed by atoms with E-state index in [4.69, 9.17) is 10.00 Å². The smallest absolute Gasteiger partial charge is 0.142 e. The van der Waals surface area contributed by atoms with Crippen LogP contribution in [0.4, 0.5) is 5.69 Å². The first kappa shape index (κ1) is 14.4. The van der Waals surface area contributed by atoms with Crippen LogP contribution >= 0.6 is 15.9 Å². The minimum atomic E-state index is 0.0755. The molecular weight excluding hydrogens is 316 g/mol. The van der Waals surface area contributed by atoms with Crippen LogP contribution in [0.25, 0.3) is 0 Å². The lowest BCUT2D eigenvalue weighted by atomic mass is 10.1. The maximum atomic E-state index is 8.96. The topological polar surface area (TPSA) is 45.0 Å². The molecule has 0 saturated carbocycles. The summed E-state index contributed by atoms with van der Waals surface area (Å²) in [5.41, 5.74) is 2.64. The van der Waals surface area contributed by atoms with Gasteiger partial charge in [0, 0.05) is 10.5 Å². The Labute approximate surface area is 127 Å². The van der Waals surface area contributed by atoms with Crippen molar-refractivity contribution in [3.05, 3.63) is 58.1 Å². The van der Waals surface area contributed by atoms with Crippen molar-refractivity contribution in [2.24, 2.45) is 0 Å². The number of ether oxygens (including phenoxy) is 1. The minimum Gasteiger partial charge on any atom is -0.495 e. The highest BCUT2D eigenvalue weighted by molar-refractivity contribution is 9.10. The third kappa shape index (κ3) is 3.31. The van der Waals surface area contributed by atoms with E-state index in [2.05, 4.69) is 34.2 Å². The van der Waals surface area contributed by atoms with Crippen LogP contribution < -0.4 is 10.1 Å². The predicted molar refractivity (Wildman–Crippen MR) is 83.9 cm³/mol. The summed E-state index contributed by atoms with van der Waals surface area (Å²) in [5, 5.41) is 12.4. The summed E-state index contributed by atoms with van der Waals surface area (Å²) in [6.07, 6.45) is 0. The summed E-state index contributed by atoms with van der Waals surface area (Å²) in [7, 11) is 1.65. The second kappa shape index (κ2) is 6.44. The number of nitrogens with zero attached hydrogens (tertiary/aromatic N) is 1. The van der Waals surface area contributed by atoms with Crippen molar-refractivity contribution in [1.29, 1.82) is 5.26 Å². The number of benzene rings is 2. The Bertz CT molecular complexity index is 649. The molecule has 0 aliphatic heterocycles. The highest BCUT2D eigenvalue weighted by Crippen LogP contribution is 2.31. The van der Waals surface area contributed by atoms with Crippen molar-refractivity contribution in [2.75, 3.05) is 12.4 Å². The number of methoxy groups -OCH3 is 1. The number of halogens is 1. The molecule has 1 unspecified atom stereocenters. The van der Waals surface area contributed by atoms with Crippen molar-refractivity contribution in [2.45, 2.75) is 13.0 Å². The lowest BCUT2D eigenvalue weighted by Crippen LogP contribution is -2.07. The molecule has 2 aromatic carbocycles. The van der Waals surface area contributed by atoms with E-state index in [1.54, 1.807) is 13.2 Å². The Morgan fingerprint density at radius 2 is 2.05 bits per heavy atom. The van der Waals surface area contributed by atoms with E-state index < -0.39 is 0 Å². The van der Waals surface area contributed by atoms with Gasteiger partial charge < -0.3 is 10.1 Å². The maximum absolute atomic E-state index is 8.96. The summed E-state index contributed by atoms with van der Waals surface area (Å²) in [4.78, 5) is 0. The van der Waals surface area contributed by atoms with E-state index in [-0.39, 0.29) is 6.04 Å². The molecule has 2 aromatic rings. The molecule has 1 atom stereocenters. The fourth-order valence-corrected chi connectivity index (χ4v) is 2.35. The number of nitriles is 1. The van der Waals surface area contributed by atoms with Gasteiger partial charge in [0.25, 0.3) is 0 Å². The molecule has 1 N–H and O–H groups in total. The lowest BCUT2D eigenvalue weighted by molar-refractivity contribution is 0.416. The predicted octanol–water partition coefficient (Wildman–Crippen LogP) is 4.50. The van der Waals surface area contributed by atoms with Crippen LogP contribution in [-0.4, -0.2) is 7.11 Å². The third-order valence-corrected chi connectivity index (χ3v) is 3.54. The zero-order chi connectivity index (χ0) is 14.5. The van der Waals surface area contributed by atoms with Gasteiger partial charge in [-0.15, -0.1) is 0 Å². The van der Waals surface area contributed by atoms with Crippen LogP contribution in [0.5, 0.6) is 5.75 Å². The van der Waals surface area contributed by atoms with Gasteiger partial charge in [0.2, 0.25) is 0 Å². The van der Waals surface area contributed by atoms with Gasteiger partial charge in [-0.05, 0) is 42.8 Å². The summed E-state index contributed by atoms with van der Waals surface area (Å²) in [6, 6.07) is 15.6. The van der Waals surface area contributed by atoms with Crippen molar-refractivity contribution in [3.8, 4) is 11.8 Å². The Kier molecular flexibility index (Phi) is 4.65. The fraction of sp³-hybridized carbons (Fsp3) is 0.188. The number of hydrogen-bond acceptors (Lipinski definition) is 3. The van der Waals surface area contributed by atoms with Gasteiger partial charge in [-0.1, -0.05) is 28.1 Å². The molecule has 0 aliphatic carbocycles. The van der Waals surface area contributed by atoms with Gasteiger partial charge in [0.15, 0.2) is 0 Å². The number of nitrogens with one attached hydrogen (secondary N) is 1. The van der Waals surface area contributed by atoms with E-state index in [0.717, 1.165) is 21.5 Å². The third-order valence-electron chi connectivity index (χ3n) is 3.05. The van der Waals surface area contributed by atoms with E-state index in [9.17, 15) is 0 Å². The average molecular weight is 331 g/mol. The molecule has 0 bridgehead atoms. The molecule has 0 saturated heterocycles. The zero-order valence-corrected chi connectivity index (χ0v) is 12.9. The van der Waals surface area contributed by atoms with E-state index >= 15 is 0 Å². The van der Waals surface area contributed by atoms with Gasteiger partial charge in [-0.2, -0.15) is 5.26 Å². The van der Waals surface area contributed by atoms with E-state index in [0.29, 0.717) is 5.56 Å². The van der Waals surface area contributed by atoms with Crippen molar-refractivity contribution in [1.82, 2.24) is 0 Å². The molecule has 20 heavy (non-hydrogen) atoms. The Morgan fingerprint density at radius 3 is 2.75 bits per heavy atom. The second-order valence-corrected chi connectivity index (χ2v) is 5.36. The maximum Gasteiger partial charge on any atom is 0.142 e. The Hall–Kier alpha value is -1.99. The zero-order valence-electron chi connectivity index (χ0n) is 11.4. The molecule has 0 aliphatic rings. The quantitative estimate of drug-likeness (QED) is 0.897. The SMILES string of the molecule is COc1ccc(Br)cc1NC(C)c1cccc(C#N)c1. The Morgan fingerprint density at radius 1 is 1.25 bits per heavy atom. The minimum absolute atomic E-state index is 0.0755. The number of rotatable bonds is 4. The molecule has 0 fully saturated rings. The molecule has 0 heterocycles. The van der Waals surface area contributed by atoms with Crippen LogP contribution in [0.3, 0.4) is 0 Å². The summed E-state index contributed by atoms with van der Waals surface area (Å²) in [5.74, 6) is 0.788. The normalized spacial score (nSPS) is 11.5. The van der Waals surface area contributed by atoms with Gasteiger partial charge in [0.1, 0.15) is 5.75 Å². The van der Waals surface area contributed by atoms with Crippen molar-refractivity contribution < 1.29 is 4.74 Å². The average Bonchev–Trinajstić information content (AvgIpc) is 2.47. The standard InChI is InChI=1S/C16H15BrN2O/c1-11(13-5-3-4-12(8-13)10-18)19-15-9-14(17)6-7-16(15)20-2/h3-9,11,19H,1-2H3. The molecule has 3 nitrogen and oxygen atoms in total. The van der Waals surface area contributed by atoms with Gasteiger partial charge in [-0.3, -0.25) is 0 Å². The monoisotopic (exact) mass is 330 g/mol. The van der Waals surface area contributed by atoms with Gasteiger partial charge in [0.05, 0.1) is 24.4 Å². The second-order valence-electron chi connectivity index (χ2n) is 4.45. The van der Waals surface area contributed by atoms with Crippen LogP contribution in [0.1, 0.15) is 24.1 Å². The summed E-state index contributed by atoms with van der Waals surface area (Å²) < 4.78 is 6.33. The largest absolute Gasteiger partial charge is 0.495 e. The van der Waals surface area contributed by atoms with Gasteiger partial charge >= 0.3 is 0 Å². The molecule has 4 heteroatoms. The number of anilines is 1. The fourth-order valence-electron chi connectivity index (χ4n) is 1.99. The highest BCUT2D eigenvalue weighted by atomic mass is 79.9. The molecule has 0 aromatic heterocycles. The number of hydrogen-bond donors (Lipinski definition) is 1. The first-order valence-electron chi connectivity index (χ1n) is 6.24. The lowest BCUT2D eigenvalue weighted by Gasteiger charge is -2.18. The van der Waals surface area contributed by atoms with E-state index in [1.165, 1.54) is 0 Å². The molecular formula is C16H15BrN2O. The molecule has 2 rings (SSSR count). The highest BCUT2D eigenvalue weighted by Gasteiger charge is 2.10. The summed E-state index contributed by atoms with van der Waals surface area (Å²) >= 11 is 3.46. The van der Waals surface area contributed by atoms with Gasteiger partial charge in [-0.25, -0.2) is 0 Å². The Balaban J connectivity index is 2.25. The van der Waals surface area contributed by atoms with Crippen LogP contribution in [0, 0.1) is 11.3 Å². The summed E-state index contributed by atoms with van der Waals surface area (Å²) in [6.45, 7) is 2.05. The van der Waals surface area contributed by atoms with Crippen LogP contribution in [-0.2, 0) is 0 Å². The van der Waals surface area contributed by atoms with E-state index in [1.807, 2.05) is 36.4 Å². The van der Waals surface area contributed by atoms with Crippen LogP contribution in [0.2, 0.25) is 0 Å². The molecule has 0 radical (unpaired) electrons. The molecule has 0 amide bonds. The van der Waals surface area contributed by atoms with Crippen LogP contribution in [0.15, 0.2) is 46.9 Å².